The molecule has 0 fully saturated rings. The van der Waals surface area contributed by atoms with Crippen LogP contribution in [0, 0.1) is 6.92 Å². The number of rotatable bonds is 5. The van der Waals surface area contributed by atoms with Crippen molar-refractivity contribution in [1.82, 2.24) is 4.90 Å². The number of benzene rings is 2. The van der Waals surface area contributed by atoms with Crippen LogP contribution in [0.4, 0.5) is 5.69 Å². The normalized spacial score (nSPS) is 10.3. The lowest BCUT2D eigenvalue weighted by atomic mass is 10.2. The number of anilines is 1. The maximum absolute atomic E-state index is 12.6. The van der Waals surface area contributed by atoms with Gasteiger partial charge in [-0.15, -0.1) is 11.8 Å². The van der Waals surface area contributed by atoms with Gasteiger partial charge in [-0.05, 0) is 42.8 Å². The van der Waals surface area contributed by atoms with E-state index in [-0.39, 0.29) is 11.8 Å². The van der Waals surface area contributed by atoms with Crippen molar-refractivity contribution in [2.45, 2.75) is 11.8 Å². The average molecular weight is 407 g/mol. The summed E-state index contributed by atoms with van der Waals surface area (Å²) < 4.78 is 0.999. The third-order valence-corrected chi connectivity index (χ3v) is 5.35. The van der Waals surface area contributed by atoms with Crippen LogP contribution in [0.2, 0.25) is 0 Å². The summed E-state index contributed by atoms with van der Waals surface area (Å²) in [6.07, 6.45) is 0. The first kappa shape index (κ1) is 18.5. The number of nitrogens with zero attached hydrogens (tertiary/aromatic N) is 1. The predicted octanol–water partition coefficient (Wildman–Crippen LogP) is 4.19. The van der Waals surface area contributed by atoms with Gasteiger partial charge in [0.05, 0.1) is 11.3 Å². The van der Waals surface area contributed by atoms with Crippen LogP contribution in [0.3, 0.4) is 0 Å². The molecule has 0 spiro atoms. The molecule has 24 heavy (non-hydrogen) atoms. The molecule has 0 unspecified atom stereocenters. The molecule has 0 aliphatic rings. The second-order valence-electron chi connectivity index (χ2n) is 5.49. The van der Waals surface area contributed by atoms with Crippen molar-refractivity contribution in [1.29, 1.82) is 0 Å². The summed E-state index contributed by atoms with van der Waals surface area (Å²) in [6.45, 7) is 1.97. The van der Waals surface area contributed by atoms with Crippen molar-refractivity contribution in [2.24, 2.45) is 0 Å². The molecule has 4 nitrogen and oxygen atoms in total. The average Bonchev–Trinajstić information content (AvgIpc) is 2.56. The SMILES string of the molecule is Cc1cc(NC(=O)c2ccccc2SCC(=O)N(C)C)ccc1Br. The van der Waals surface area contributed by atoms with E-state index in [1.165, 1.54) is 11.8 Å². The zero-order valence-corrected chi connectivity index (χ0v) is 16.2. The van der Waals surface area contributed by atoms with Crippen molar-refractivity contribution in [2.75, 3.05) is 25.2 Å². The molecule has 2 amide bonds. The number of amides is 2. The number of thioether (sulfide) groups is 1. The monoisotopic (exact) mass is 406 g/mol. The lowest BCUT2D eigenvalue weighted by Crippen LogP contribution is -2.23. The maximum Gasteiger partial charge on any atom is 0.256 e. The van der Waals surface area contributed by atoms with E-state index in [4.69, 9.17) is 0 Å². The van der Waals surface area contributed by atoms with E-state index in [1.807, 2.05) is 43.3 Å². The Morgan fingerprint density at radius 1 is 1.17 bits per heavy atom. The van der Waals surface area contributed by atoms with Gasteiger partial charge >= 0.3 is 0 Å². The van der Waals surface area contributed by atoms with Gasteiger partial charge in [-0.25, -0.2) is 0 Å². The molecule has 126 valence electrons. The minimum atomic E-state index is -0.183. The van der Waals surface area contributed by atoms with Crippen molar-refractivity contribution < 1.29 is 9.59 Å². The summed E-state index contributed by atoms with van der Waals surface area (Å²) in [6, 6.07) is 13.0. The minimum Gasteiger partial charge on any atom is -0.348 e. The molecule has 0 aliphatic heterocycles. The number of hydrogen-bond acceptors (Lipinski definition) is 3. The zero-order chi connectivity index (χ0) is 17.7. The molecular formula is C18H19BrN2O2S. The van der Waals surface area contributed by atoms with Gasteiger partial charge in [0, 0.05) is 29.2 Å². The number of aryl methyl sites for hydroxylation is 1. The molecule has 0 heterocycles. The summed E-state index contributed by atoms with van der Waals surface area (Å²) in [5.41, 5.74) is 2.35. The lowest BCUT2D eigenvalue weighted by Gasteiger charge is -2.12. The van der Waals surface area contributed by atoms with Crippen LogP contribution in [0.1, 0.15) is 15.9 Å². The molecule has 0 aliphatic carbocycles. The molecular weight excluding hydrogens is 388 g/mol. The zero-order valence-electron chi connectivity index (χ0n) is 13.8. The summed E-state index contributed by atoms with van der Waals surface area (Å²) in [5, 5.41) is 2.91. The molecule has 1 N–H and O–H groups in total. The second kappa shape index (κ2) is 8.35. The lowest BCUT2D eigenvalue weighted by molar-refractivity contribution is -0.125. The third-order valence-electron chi connectivity index (χ3n) is 3.40. The van der Waals surface area contributed by atoms with Gasteiger partial charge in [-0.1, -0.05) is 28.1 Å². The van der Waals surface area contributed by atoms with E-state index in [2.05, 4.69) is 21.2 Å². The Kier molecular flexibility index (Phi) is 6.45. The Bertz CT molecular complexity index is 762. The Labute approximate surface area is 154 Å². The fraction of sp³-hybridized carbons (Fsp3) is 0.222. The van der Waals surface area contributed by atoms with Crippen LogP contribution in [0.5, 0.6) is 0 Å². The van der Waals surface area contributed by atoms with Gasteiger partial charge in [-0.2, -0.15) is 0 Å². The number of carbonyl (C=O) groups excluding carboxylic acids is 2. The molecule has 0 atom stereocenters. The molecule has 0 saturated heterocycles. The van der Waals surface area contributed by atoms with Crippen molar-refractivity contribution >= 4 is 45.2 Å². The van der Waals surface area contributed by atoms with Gasteiger partial charge in [0.1, 0.15) is 0 Å². The van der Waals surface area contributed by atoms with Crippen LogP contribution in [0.15, 0.2) is 51.8 Å². The topological polar surface area (TPSA) is 49.4 Å². The highest BCUT2D eigenvalue weighted by atomic mass is 79.9. The molecule has 0 aromatic heterocycles. The van der Waals surface area contributed by atoms with Gasteiger partial charge in [0.25, 0.3) is 5.91 Å². The first-order valence-corrected chi connectivity index (χ1v) is 9.16. The van der Waals surface area contributed by atoms with Crippen LogP contribution in [-0.4, -0.2) is 36.6 Å². The smallest absolute Gasteiger partial charge is 0.256 e. The van der Waals surface area contributed by atoms with Crippen molar-refractivity contribution in [3.05, 3.63) is 58.1 Å². The first-order chi connectivity index (χ1) is 11.4. The fourth-order valence-electron chi connectivity index (χ4n) is 1.97. The predicted molar refractivity (Wildman–Crippen MR) is 103 cm³/mol. The van der Waals surface area contributed by atoms with Crippen LogP contribution in [-0.2, 0) is 4.79 Å². The summed E-state index contributed by atoms with van der Waals surface area (Å²) in [4.78, 5) is 26.7. The standard InChI is InChI=1S/C18H19BrN2O2S/c1-12-10-13(8-9-15(12)19)20-18(23)14-6-4-5-7-16(14)24-11-17(22)21(2)3/h4-10H,11H2,1-3H3,(H,20,23). The van der Waals surface area contributed by atoms with Gasteiger partial charge < -0.3 is 10.2 Å². The quantitative estimate of drug-likeness (QED) is 0.757. The van der Waals surface area contributed by atoms with E-state index >= 15 is 0 Å². The molecule has 2 aromatic carbocycles. The Morgan fingerprint density at radius 3 is 2.54 bits per heavy atom. The summed E-state index contributed by atoms with van der Waals surface area (Å²) in [7, 11) is 3.44. The maximum atomic E-state index is 12.6. The second-order valence-corrected chi connectivity index (χ2v) is 7.36. The molecule has 0 radical (unpaired) electrons. The highest BCUT2D eigenvalue weighted by Crippen LogP contribution is 2.25. The van der Waals surface area contributed by atoms with Crippen molar-refractivity contribution in [3.63, 3.8) is 0 Å². The highest BCUT2D eigenvalue weighted by molar-refractivity contribution is 9.10. The molecule has 0 saturated carbocycles. The molecule has 6 heteroatoms. The first-order valence-electron chi connectivity index (χ1n) is 7.38. The molecule has 2 aromatic rings. The Hall–Kier alpha value is -1.79. The van der Waals surface area contributed by atoms with E-state index < -0.39 is 0 Å². The summed E-state index contributed by atoms with van der Waals surface area (Å²) in [5.74, 6) is 0.130. The highest BCUT2D eigenvalue weighted by Gasteiger charge is 2.14. The largest absolute Gasteiger partial charge is 0.348 e. The van der Waals surface area contributed by atoms with Gasteiger partial charge in [-0.3, -0.25) is 9.59 Å². The minimum absolute atomic E-state index is 0.0127. The van der Waals surface area contributed by atoms with Crippen LogP contribution >= 0.6 is 27.7 Å². The summed E-state index contributed by atoms with van der Waals surface area (Å²) >= 11 is 4.81. The van der Waals surface area contributed by atoms with Crippen molar-refractivity contribution in [3.8, 4) is 0 Å². The number of hydrogen-bond donors (Lipinski definition) is 1. The van der Waals surface area contributed by atoms with E-state index in [0.717, 1.165) is 20.6 Å². The Balaban J connectivity index is 2.14. The van der Waals surface area contributed by atoms with Gasteiger partial charge in [0.15, 0.2) is 0 Å². The Morgan fingerprint density at radius 2 is 1.88 bits per heavy atom. The number of nitrogens with one attached hydrogen (secondary N) is 1. The van der Waals surface area contributed by atoms with Crippen LogP contribution in [0.25, 0.3) is 0 Å². The molecule has 0 bridgehead atoms. The number of carbonyl (C=O) groups is 2. The fourth-order valence-corrected chi connectivity index (χ4v) is 3.24. The number of halogens is 1. The van der Waals surface area contributed by atoms with E-state index in [1.54, 1.807) is 25.1 Å². The van der Waals surface area contributed by atoms with Gasteiger partial charge in [0.2, 0.25) is 5.91 Å². The van der Waals surface area contributed by atoms with E-state index in [9.17, 15) is 9.59 Å². The van der Waals surface area contributed by atoms with Crippen LogP contribution < -0.4 is 5.32 Å². The van der Waals surface area contributed by atoms with E-state index in [0.29, 0.717) is 11.3 Å². The molecule has 2 rings (SSSR count). The third kappa shape index (κ3) is 4.85.